The normalized spacial score (nSPS) is 21.8. The van der Waals surface area contributed by atoms with Crippen molar-refractivity contribution < 1.29 is 0 Å². The molecular formula is C18H27N3. The van der Waals surface area contributed by atoms with E-state index in [2.05, 4.69) is 62.4 Å². The molecule has 0 radical (unpaired) electrons. The lowest BCUT2D eigenvalue weighted by Gasteiger charge is -2.45. The Kier molecular flexibility index (Phi) is 3.09. The maximum Gasteiger partial charge on any atom is 0.201 e. The first kappa shape index (κ1) is 14.4. The molecule has 114 valence electrons. The molecule has 1 heterocycles. The van der Waals surface area contributed by atoms with E-state index in [1.54, 1.807) is 0 Å². The maximum atomic E-state index is 6.28. The molecule has 0 bridgehead atoms. The molecular weight excluding hydrogens is 258 g/mol. The van der Waals surface area contributed by atoms with E-state index in [4.69, 9.17) is 5.73 Å². The van der Waals surface area contributed by atoms with Gasteiger partial charge in [-0.15, -0.1) is 0 Å². The van der Waals surface area contributed by atoms with E-state index in [9.17, 15) is 0 Å². The lowest BCUT2D eigenvalue weighted by atomic mass is 9.63. The Morgan fingerprint density at radius 1 is 1.14 bits per heavy atom. The van der Waals surface area contributed by atoms with E-state index >= 15 is 0 Å². The zero-order chi connectivity index (χ0) is 15.4. The molecule has 1 aromatic carbocycles. The van der Waals surface area contributed by atoms with Crippen LogP contribution in [0.15, 0.2) is 18.2 Å². The van der Waals surface area contributed by atoms with Gasteiger partial charge in [0.05, 0.1) is 11.0 Å². The Labute approximate surface area is 127 Å². The lowest BCUT2D eigenvalue weighted by Crippen LogP contribution is -2.35. The van der Waals surface area contributed by atoms with E-state index in [1.165, 1.54) is 30.3 Å². The molecule has 0 saturated heterocycles. The fraction of sp³-hybridized carbons (Fsp3) is 0.611. The van der Waals surface area contributed by atoms with E-state index in [-0.39, 0.29) is 0 Å². The van der Waals surface area contributed by atoms with Crippen LogP contribution in [0.4, 0.5) is 5.95 Å². The summed E-state index contributed by atoms with van der Waals surface area (Å²) in [5.74, 6) is 0.665. The summed E-state index contributed by atoms with van der Waals surface area (Å²) < 4.78 is 2.28. The third-order valence-corrected chi connectivity index (χ3v) is 4.85. The fourth-order valence-corrected chi connectivity index (χ4v) is 4.63. The van der Waals surface area contributed by atoms with Crippen LogP contribution in [0.3, 0.4) is 0 Å². The van der Waals surface area contributed by atoms with Gasteiger partial charge < -0.3 is 10.3 Å². The summed E-state index contributed by atoms with van der Waals surface area (Å²) >= 11 is 0. The van der Waals surface area contributed by atoms with Crippen LogP contribution in [-0.2, 0) is 0 Å². The van der Waals surface area contributed by atoms with Crippen molar-refractivity contribution in [2.45, 2.75) is 59.9 Å². The van der Waals surface area contributed by atoms with Gasteiger partial charge in [-0.2, -0.15) is 0 Å². The molecule has 2 aromatic rings. The van der Waals surface area contributed by atoms with Crippen molar-refractivity contribution in [2.24, 2.45) is 10.8 Å². The maximum absolute atomic E-state index is 6.28. The van der Waals surface area contributed by atoms with Crippen molar-refractivity contribution in [1.29, 1.82) is 0 Å². The van der Waals surface area contributed by atoms with E-state index in [1.807, 2.05) is 0 Å². The SMILES string of the molecule is Cc1cccc2c1nc(N)n2C1CC(C)(C)CC(C)(C)C1. The Morgan fingerprint density at radius 3 is 2.38 bits per heavy atom. The molecule has 0 aliphatic heterocycles. The molecule has 1 saturated carbocycles. The van der Waals surface area contributed by atoms with Gasteiger partial charge in [0.15, 0.2) is 0 Å². The van der Waals surface area contributed by atoms with Crippen molar-refractivity contribution in [3.05, 3.63) is 23.8 Å². The molecule has 21 heavy (non-hydrogen) atoms. The molecule has 3 nitrogen and oxygen atoms in total. The van der Waals surface area contributed by atoms with Gasteiger partial charge in [-0.1, -0.05) is 39.8 Å². The zero-order valence-corrected chi connectivity index (χ0v) is 13.9. The second-order valence-electron chi connectivity index (χ2n) is 8.35. The third-order valence-electron chi connectivity index (χ3n) is 4.85. The topological polar surface area (TPSA) is 43.8 Å². The molecule has 2 N–H and O–H groups in total. The number of nitrogens with two attached hydrogens (primary N) is 1. The first-order chi connectivity index (χ1) is 9.69. The van der Waals surface area contributed by atoms with Crippen molar-refractivity contribution in [2.75, 3.05) is 5.73 Å². The van der Waals surface area contributed by atoms with Crippen LogP contribution in [0.25, 0.3) is 11.0 Å². The molecule has 0 atom stereocenters. The number of benzene rings is 1. The second kappa shape index (κ2) is 4.49. The molecule has 1 fully saturated rings. The standard InChI is InChI=1S/C18H27N3/c1-12-7-6-8-14-15(12)20-16(19)21(14)13-9-17(2,3)11-18(4,5)10-13/h6-8,13H,9-11H2,1-5H3,(H2,19,20). The van der Waals surface area contributed by atoms with Crippen LogP contribution in [-0.4, -0.2) is 9.55 Å². The number of nitrogens with zero attached hydrogens (tertiary/aromatic N) is 2. The quantitative estimate of drug-likeness (QED) is 0.825. The highest BCUT2D eigenvalue weighted by molar-refractivity contribution is 5.81. The fourth-order valence-electron chi connectivity index (χ4n) is 4.63. The zero-order valence-electron chi connectivity index (χ0n) is 13.9. The molecule has 1 aliphatic carbocycles. The molecule has 0 unspecified atom stereocenters. The molecule has 0 amide bonds. The minimum absolute atomic E-state index is 0.347. The number of hydrogen-bond donors (Lipinski definition) is 1. The van der Waals surface area contributed by atoms with Crippen LogP contribution in [0.1, 0.15) is 58.6 Å². The van der Waals surface area contributed by atoms with Crippen molar-refractivity contribution in [1.82, 2.24) is 9.55 Å². The summed E-state index contributed by atoms with van der Waals surface area (Å²) in [5, 5.41) is 0. The molecule has 0 spiro atoms. The van der Waals surface area contributed by atoms with E-state index < -0.39 is 0 Å². The van der Waals surface area contributed by atoms with Crippen molar-refractivity contribution >= 4 is 17.0 Å². The summed E-state index contributed by atoms with van der Waals surface area (Å²) in [4.78, 5) is 4.62. The van der Waals surface area contributed by atoms with Crippen LogP contribution in [0, 0.1) is 17.8 Å². The Bertz CT molecular complexity index is 663. The Hall–Kier alpha value is -1.51. The largest absolute Gasteiger partial charge is 0.369 e. The number of aromatic nitrogens is 2. The summed E-state index contributed by atoms with van der Waals surface area (Å²) in [6.45, 7) is 11.6. The average molecular weight is 285 g/mol. The number of imidazole rings is 1. The van der Waals surface area contributed by atoms with Gasteiger partial charge in [-0.25, -0.2) is 4.98 Å². The van der Waals surface area contributed by atoms with Crippen LogP contribution in [0.2, 0.25) is 0 Å². The second-order valence-corrected chi connectivity index (χ2v) is 8.35. The van der Waals surface area contributed by atoms with Gasteiger partial charge in [0.2, 0.25) is 5.95 Å². The molecule has 3 heteroatoms. The van der Waals surface area contributed by atoms with Crippen molar-refractivity contribution in [3.63, 3.8) is 0 Å². The third kappa shape index (κ3) is 2.54. The number of anilines is 1. The smallest absolute Gasteiger partial charge is 0.201 e. The highest BCUT2D eigenvalue weighted by atomic mass is 15.2. The minimum atomic E-state index is 0.347. The van der Waals surface area contributed by atoms with Crippen LogP contribution in [0.5, 0.6) is 0 Å². The number of fused-ring (bicyclic) bond motifs is 1. The Morgan fingerprint density at radius 2 is 1.76 bits per heavy atom. The van der Waals surface area contributed by atoms with Gasteiger partial charge >= 0.3 is 0 Å². The van der Waals surface area contributed by atoms with Crippen molar-refractivity contribution in [3.8, 4) is 0 Å². The predicted molar refractivity (Wildman–Crippen MR) is 89.3 cm³/mol. The van der Waals surface area contributed by atoms with Gasteiger partial charge in [0.1, 0.15) is 0 Å². The van der Waals surface area contributed by atoms with Gasteiger partial charge in [-0.3, -0.25) is 0 Å². The average Bonchev–Trinajstić information content (AvgIpc) is 2.62. The van der Waals surface area contributed by atoms with Gasteiger partial charge in [0.25, 0.3) is 0 Å². The predicted octanol–water partition coefficient (Wildman–Crippen LogP) is 4.70. The highest BCUT2D eigenvalue weighted by Gasteiger charge is 2.40. The summed E-state index contributed by atoms with van der Waals surface area (Å²) in [7, 11) is 0. The number of para-hydroxylation sites is 1. The minimum Gasteiger partial charge on any atom is -0.369 e. The lowest BCUT2D eigenvalue weighted by molar-refractivity contribution is 0.0746. The van der Waals surface area contributed by atoms with Gasteiger partial charge in [0, 0.05) is 6.04 Å². The first-order valence-electron chi connectivity index (χ1n) is 7.92. The van der Waals surface area contributed by atoms with Gasteiger partial charge in [-0.05, 0) is 48.6 Å². The number of aryl methyl sites for hydroxylation is 1. The number of rotatable bonds is 1. The summed E-state index contributed by atoms with van der Waals surface area (Å²) in [6.07, 6.45) is 3.60. The highest BCUT2D eigenvalue weighted by Crippen LogP contribution is 2.51. The number of hydrogen-bond acceptors (Lipinski definition) is 2. The van der Waals surface area contributed by atoms with Crippen LogP contribution < -0.4 is 5.73 Å². The summed E-state index contributed by atoms with van der Waals surface area (Å²) in [5.41, 5.74) is 10.4. The summed E-state index contributed by atoms with van der Waals surface area (Å²) in [6, 6.07) is 6.80. The van der Waals surface area contributed by atoms with E-state index in [0.717, 1.165) is 5.52 Å². The molecule has 1 aromatic heterocycles. The molecule has 1 aliphatic rings. The van der Waals surface area contributed by atoms with Crippen LogP contribution >= 0.6 is 0 Å². The molecule has 3 rings (SSSR count). The van der Waals surface area contributed by atoms with E-state index in [0.29, 0.717) is 22.8 Å². The Balaban J connectivity index is 2.12. The monoisotopic (exact) mass is 285 g/mol. The first-order valence-corrected chi connectivity index (χ1v) is 7.92. The number of nitrogen functional groups attached to an aromatic ring is 1.